The molecule has 1 saturated heterocycles. The van der Waals surface area contributed by atoms with Crippen LogP contribution < -0.4 is 0 Å². The van der Waals surface area contributed by atoms with Crippen molar-refractivity contribution in [3.8, 4) is 0 Å². The van der Waals surface area contributed by atoms with E-state index in [1.807, 2.05) is 0 Å². The molecule has 4 nitrogen and oxygen atoms in total. The van der Waals surface area contributed by atoms with Crippen LogP contribution in [-0.2, 0) is 9.59 Å². The van der Waals surface area contributed by atoms with Gasteiger partial charge in [0.15, 0.2) is 0 Å². The molecule has 6 unspecified atom stereocenters. The van der Waals surface area contributed by atoms with E-state index in [9.17, 15) is 14.7 Å². The van der Waals surface area contributed by atoms with Gasteiger partial charge in [0.1, 0.15) is 6.04 Å². The number of carboxylic acids is 1. The standard InChI is InChI=1S/C18H27NO3/c20-17(10-14-8-11-5-6-12(14)7-11)19-15-4-2-1-3-13(15)9-16(19)18(21)22/h11-16H,1-10H2,(H,21,22). The number of carbonyl (C=O) groups excluding carboxylic acids is 1. The quantitative estimate of drug-likeness (QED) is 0.872. The summed E-state index contributed by atoms with van der Waals surface area (Å²) in [5, 5.41) is 9.55. The molecule has 4 aliphatic rings. The van der Waals surface area contributed by atoms with E-state index in [0.717, 1.165) is 31.1 Å². The van der Waals surface area contributed by atoms with Gasteiger partial charge in [-0.1, -0.05) is 19.3 Å². The lowest BCUT2D eigenvalue weighted by atomic mass is 9.84. The number of fused-ring (bicyclic) bond motifs is 3. The van der Waals surface area contributed by atoms with Crippen LogP contribution in [0, 0.1) is 23.7 Å². The maximum absolute atomic E-state index is 12.9. The second kappa shape index (κ2) is 5.54. The summed E-state index contributed by atoms with van der Waals surface area (Å²) in [7, 11) is 0. The van der Waals surface area contributed by atoms with Crippen LogP contribution >= 0.6 is 0 Å². The van der Waals surface area contributed by atoms with Gasteiger partial charge in [0.2, 0.25) is 5.91 Å². The molecule has 1 aliphatic heterocycles. The van der Waals surface area contributed by atoms with Crippen molar-refractivity contribution in [2.24, 2.45) is 23.7 Å². The van der Waals surface area contributed by atoms with Gasteiger partial charge >= 0.3 is 5.97 Å². The molecule has 3 aliphatic carbocycles. The molecule has 0 aromatic carbocycles. The van der Waals surface area contributed by atoms with E-state index in [1.54, 1.807) is 4.90 Å². The summed E-state index contributed by atoms with van der Waals surface area (Å²) >= 11 is 0. The van der Waals surface area contributed by atoms with Gasteiger partial charge in [0, 0.05) is 12.5 Å². The summed E-state index contributed by atoms with van der Waals surface area (Å²) in [4.78, 5) is 26.3. The third kappa shape index (κ3) is 2.35. The molecule has 122 valence electrons. The highest BCUT2D eigenvalue weighted by molar-refractivity contribution is 5.85. The van der Waals surface area contributed by atoms with Crippen molar-refractivity contribution in [1.29, 1.82) is 0 Å². The average Bonchev–Trinajstić information content (AvgIpc) is 3.19. The Bertz CT molecular complexity index is 477. The molecule has 22 heavy (non-hydrogen) atoms. The van der Waals surface area contributed by atoms with E-state index in [1.165, 1.54) is 32.1 Å². The highest BCUT2D eigenvalue weighted by Crippen LogP contribution is 2.50. The molecule has 4 fully saturated rings. The van der Waals surface area contributed by atoms with Crippen LogP contribution in [0.1, 0.15) is 64.2 Å². The number of likely N-dealkylation sites (tertiary alicyclic amines) is 1. The van der Waals surface area contributed by atoms with Crippen molar-refractivity contribution in [2.75, 3.05) is 0 Å². The Morgan fingerprint density at radius 3 is 2.45 bits per heavy atom. The predicted octanol–water partition coefficient (Wildman–Crippen LogP) is 3.06. The molecule has 1 heterocycles. The molecule has 2 bridgehead atoms. The Hall–Kier alpha value is -1.06. The minimum Gasteiger partial charge on any atom is -0.480 e. The summed E-state index contributed by atoms with van der Waals surface area (Å²) in [6.45, 7) is 0. The van der Waals surface area contributed by atoms with Crippen molar-refractivity contribution in [2.45, 2.75) is 76.3 Å². The Morgan fingerprint density at radius 1 is 0.955 bits per heavy atom. The van der Waals surface area contributed by atoms with E-state index in [0.29, 0.717) is 24.7 Å². The van der Waals surface area contributed by atoms with Crippen molar-refractivity contribution in [3.63, 3.8) is 0 Å². The Labute approximate surface area is 132 Å². The zero-order valence-electron chi connectivity index (χ0n) is 13.2. The SMILES string of the molecule is O=C(O)C1CC2CCCCC2N1C(=O)CC1CC2CCC1C2. The molecule has 0 aromatic rings. The molecule has 3 saturated carbocycles. The van der Waals surface area contributed by atoms with Crippen LogP contribution in [0.4, 0.5) is 0 Å². The highest BCUT2D eigenvalue weighted by atomic mass is 16.4. The summed E-state index contributed by atoms with van der Waals surface area (Å²) < 4.78 is 0. The number of nitrogens with zero attached hydrogens (tertiary/aromatic N) is 1. The molecule has 0 radical (unpaired) electrons. The maximum atomic E-state index is 12.9. The van der Waals surface area contributed by atoms with Crippen molar-refractivity contribution >= 4 is 11.9 Å². The number of amides is 1. The number of rotatable bonds is 3. The highest BCUT2D eigenvalue weighted by Gasteiger charge is 2.49. The molecular weight excluding hydrogens is 278 g/mol. The molecule has 0 aromatic heterocycles. The van der Waals surface area contributed by atoms with Gasteiger partial charge in [0.05, 0.1) is 0 Å². The van der Waals surface area contributed by atoms with E-state index < -0.39 is 12.0 Å². The largest absolute Gasteiger partial charge is 0.480 e. The van der Waals surface area contributed by atoms with Gasteiger partial charge in [-0.2, -0.15) is 0 Å². The van der Waals surface area contributed by atoms with Gasteiger partial charge in [-0.25, -0.2) is 4.79 Å². The topological polar surface area (TPSA) is 57.6 Å². The van der Waals surface area contributed by atoms with Gasteiger partial charge < -0.3 is 10.0 Å². The minimum absolute atomic E-state index is 0.138. The summed E-state index contributed by atoms with van der Waals surface area (Å²) in [5.41, 5.74) is 0. The fourth-order valence-electron chi connectivity index (χ4n) is 6.00. The number of carbonyl (C=O) groups is 2. The van der Waals surface area contributed by atoms with Crippen LogP contribution in [0.15, 0.2) is 0 Å². The zero-order chi connectivity index (χ0) is 15.3. The average molecular weight is 305 g/mol. The molecule has 1 amide bonds. The first-order valence-corrected chi connectivity index (χ1v) is 9.17. The monoisotopic (exact) mass is 305 g/mol. The van der Waals surface area contributed by atoms with Gasteiger partial charge in [0.25, 0.3) is 0 Å². The zero-order valence-corrected chi connectivity index (χ0v) is 13.2. The van der Waals surface area contributed by atoms with Crippen molar-refractivity contribution in [1.82, 2.24) is 4.90 Å². The number of aliphatic carboxylic acids is 1. The van der Waals surface area contributed by atoms with E-state index in [4.69, 9.17) is 0 Å². The van der Waals surface area contributed by atoms with Crippen LogP contribution in [-0.4, -0.2) is 34.0 Å². The van der Waals surface area contributed by atoms with E-state index >= 15 is 0 Å². The summed E-state index contributed by atoms with van der Waals surface area (Å²) in [6.07, 6.45) is 10.9. The van der Waals surface area contributed by atoms with Crippen LogP contribution in [0.3, 0.4) is 0 Å². The van der Waals surface area contributed by atoms with Gasteiger partial charge in [-0.15, -0.1) is 0 Å². The van der Waals surface area contributed by atoms with Crippen LogP contribution in [0.25, 0.3) is 0 Å². The van der Waals surface area contributed by atoms with Gasteiger partial charge in [-0.05, 0) is 62.2 Å². The molecule has 6 atom stereocenters. The lowest BCUT2D eigenvalue weighted by molar-refractivity contribution is -0.150. The minimum atomic E-state index is -0.796. The first-order chi connectivity index (χ1) is 10.6. The molecule has 4 heteroatoms. The molecule has 1 N–H and O–H groups in total. The van der Waals surface area contributed by atoms with E-state index in [-0.39, 0.29) is 11.9 Å². The fraction of sp³-hybridized carbons (Fsp3) is 0.889. The lowest BCUT2D eigenvalue weighted by Gasteiger charge is -2.34. The fourth-order valence-corrected chi connectivity index (χ4v) is 6.00. The maximum Gasteiger partial charge on any atom is 0.326 e. The first-order valence-electron chi connectivity index (χ1n) is 9.17. The summed E-state index contributed by atoms with van der Waals surface area (Å²) in [5.74, 6) is 1.89. The summed E-state index contributed by atoms with van der Waals surface area (Å²) in [6, 6.07) is -0.347. The third-order valence-electron chi connectivity index (χ3n) is 6.98. The number of hydrogen-bond acceptors (Lipinski definition) is 2. The first kappa shape index (κ1) is 14.5. The number of hydrogen-bond donors (Lipinski definition) is 1. The van der Waals surface area contributed by atoms with Crippen LogP contribution in [0.2, 0.25) is 0 Å². The smallest absolute Gasteiger partial charge is 0.326 e. The van der Waals surface area contributed by atoms with Crippen molar-refractivity contribution < 1.29 is 14.7 Å². The lowest BCUT2D eigenvalue weighted by Crippen LogP contribution is -2.46. The molecular formula is C18H27NO3. The second-order valence-corrected chi connectivity index (χ2v) is 8.14. The van der Waals surface area contributed by atoms with E-state index in [2.05, 4.69) is 0 Å². The van der Waals surface area contributed by atoms with Gasteiger partial charge in [-0.3, -0.25) is 4.79 Å². The second-order valence-electron chi connectivity index (χ2n) is 8.14. The predicted molar refractivity (Wildman–Crippen MR) is 82.2 cm³/mol. The Morgan fingerprint density at radius 2 is 1.77 bits per heavy atom. The number of carboxylic acid groups (broad SMARTS) is 1. The normalized spacial score (nSPS) is 43.4. The Balaban J connectivity index is 1.48. The molecule has 4 rings (SSSR count). The third-order valence-corrected chi connectivity index (χ3v) is 6.98. The van der Waals surface area contributed by atoms with Crippen LogP contribution in [0.5, 0.6) is 0 Å². The van der Waals surface area contributed by atoms with Crippen molar-refractivity contribution in [3.05, 3.63) is 0 Å². The molecule has 0 spiro atoms. The Kier molecular flexibility index (Phi) is 3.66.